The molecule has 0 radical (unpaired) electrons. The average Bonchev–Trinajstić information content (AvgIpc) is 2.44. The molecule has 114 valence electrons. The zero-order valence-corrected chi connectivity index (χ0v) is 12.2. The molecule has 3 nitrogen and oxygen atoms in total. The van der Waals surface area contributed by atoms with E-state index in [9.17, 15) is 9.18 Å². The van der Waals surface area contributed by atoms with E-state index < -0.39 is 0 Å². The summed E-state index contributed by atoms with van der Waals surface area (Å²) in [5, 5.41) is 2.95. The van der Waals surface area contributed by atoms with Crippen LogP contribution in [0.2, 0.25) is 0 Å². The van der Waals surface area contributed by atoms with Crippen LogP contribution < -0.4 is 11.1 Å². The van der Waals surface area contributed by atoms with E-state index in [-0.39, 0.29) is 23.7 Å². The Morgan fingerprint density at radius 3 is 2.67 bits per heavy atom. The summed E-state index contributed by atoms with van der Waals surface area (Å²) in [6, 6.07) is 6.65. The van der Waals surface area contributed by atoms with E-state index in [1.165, 1.54) is 18.6 Å². The number of nitrogens with two attached hydrogens (primary N) is 1. The van der Waals surface area contributed by atoms with Gasteiger partial charge in [0, 0.05) is 18.5 Å². The summed E-state index contributed by atoms with van der Waals surface area (Å²) in [5.74, 6) is 0.918. The van der Waals surface area contributed by atoms with Crippen LogP contribution in [0.1, 0.15) is 37.7 Å². The molecule has 1 aromatic rings. The van der Waals surface area contributed by atoms with Crippen molar-refractivity contribution in [3.63, 3.8) is 0 Å². The first-order valence-corrected chi connectivity index (χ1v) is 7.91. The molecule has 2 aliphatic carbocycles. The summed E-state index contributed by atoms with van der Waals surface area (Å²) in [7, 11) is 0. The van der Waals surface area contributed by atoms with Crippen molar-refractivity contribution in [3.05, 3.63) is 35.6 Å². The van der Waals surface area contributed by atoms with E-state index >= 15 is 0 Å². The molecule has 0 aliphatic heterocycles. The SMILES string of the molecule is NC1C2CCCC1CC(C(=O)NCc1cccc(F)c1)C2. The van der Waals surface area contributed by atoms with Gasteiger partial charge in [-0.25, -0.2) is 4.39 Å². The minimum Gasteiger partial charge on any atom is -0.352 e. The Morgan fingerprint density at radius 1 is 1.29 bits per heavy atom. The molecular weight excluding hydrogens is 267 g/mol. The lowest BCUT2D eigenvalue weighted by Crippen LogP contribution is -2.49. The van der Waals surface area contributed by atoms with Crippen LogP contribution in [-0.4, -0.2) is 11.9 Å². The Labute approximate surface area is 125 Å². The van der Waals surface area contributed by atoms with Gasteiger partial charge in [-0.05, 0) is 55.2 Å². The van der Waals surface area contributed by atoms with Gasteiger partial charge >= 0.3 is 0 Å². The Balaban J connectivity index is 1.56. The molecule has 3 rings (SSSR count). The number of rotatable bonds is 3. The lowest BCUT2D eigenvalue weighted by Gasteiger charge is -2.43. The highest BCUT2D eigenvalue weighted by atomic mass is 19.1. The maximum absolute atomic E-state index is 13.1. The smallest absolute Gasteiger partial charge is 0.223 e. The third kappa shape index (κ3) is 3.26. The maximum Gasteiger partial charge on any atom is 0.223 e. The molecular formula is C17H23FN2O. The van der Waals surface area contributed by atoms with Gasteiger partial charge < -0.3 is 11.1 Å². The van der Waals surface area contributed by atoms with Gasteiger partial charge in [-0.15, -0.1) is 0 Å². The van der Waals surface area contributed by atoms with Crippen molar-refractivity contribution in [2.24, 2.45) is 23.5 Å². The third-order valence-corrected chi connectivity index (χ3v) is 5.14. The van der Waals surface area contributed by atoms with Crippen LogP contribution in [0.25, 0.3) is 0 Å². The summed E-state index contributed by atoms with van der Waals surface area (Å²) in [6.45, 7) is 0.397. The molecule has 4 heteroatoms. The molecule has 0 spiro atoms. The van der Waals surface area contributed by atoms with Gasteiger partial charge in [-0.3, -0.25) is 4.79 Å². The summed E-state index contributed by atoms with van der Waals surface area (Å²) in [6.07, 6.45) is 5.39. The highest BCUT2D eigenvalue weighted by Gasteiger charge is 2.40. The third-order valence-electron chi connectivity index (χ3n) is 5.14. The molecule has 2 unspecified atom stereocenters. The Bertz CT molecular complexity index is 505. The Morgan fingerprint density at radius 2 is 2.00 bits per heavy atom. The van der Waals surface area contributed by atoms with Gasteiger partial charge in [0.05, 0.1) is 0 Å². The average molecular weight is 290 g/mol. The van der Waals surface area contributed by atoms with Crippen LogP contribution in [0.5, 0.6) is 0 Å². The van der Waals surface area contributed by atoms with Gasteiger partial charge in [0.2, 0.25) is 5.91 Å². The van der Waals surface area contributed by atoms with Crippen LogP contribution in [0.4, 0.5) is 4.39 Å². The number of fused-ring (bicyclic) bond motifs is 2. The summed E-state index contributed by atoms with van der Waals surface area (Å²) >= 11 is 0. The molecule has 0 saturated heterocycles. The second-order valence-electron chi connectivity index (χ2n) is 6.54. The lowest BCUT2D eigenvalue weighted by molar-refractivity contribution is -0.128. The minimum atomic E-state index is -0.264. The number of halogens is 1. The molecule has 21 heavy (non-hydrogen) atoms. The minimum absolute atomic E-state index is 0.0775. The first kappa shape index (κ1) is 14.5. The van der Waals surface area contributed by atoms with Crippen molar-refractivity contribution >= 4 is 5.91 Å². The molecule has 1 aromatic carbocycles. The lowest BCUT2D eigenvalue weighted by atomic mass is 9.65. The van der Waals surface area contributed by atoms with E-state index in [2.05, 4.69) is 5.32 Å². The topological polar surface area (TPSA) is 55.1 Å². The molecule has 0 aromatic heterocycles. The van der Waals surface area contributed by atoms with E-state index in [0.29, 0.717) is 18.4 Å². The van der Waals surface area contributed by atoms with Gasteiger partial charge in [0.25, 0.3) is 0 Å². The highest BCUT2D eigenvalue weighted by Crippen LogP contribution is 2.41. The van der Waals surface area contributed by atoms with Crippen LogP contribution in [0.15, 0.2) is 24.3 Å². The second-order valence-corrected chi connectivity index (χ2v) is 6.54. The molecule has 2 fully saturated rings. The van der Waals surface area contributed by atoms with Crippen molar-refractivity contribution in [2.45, 2.75) is 44.7 Å². The molecule has 0 heterocycles. The fourth-order valence-corrected chi connectivity index (χ4v) is 3.98. The molecule has 2 bridgehead atoms. The summed E-state index contributed by atoms with van der Waals surface area (Å²) < 4.78 is 13.1. The van der Waals surface area contributed by atoms with Gasteiger partial charge in [0.1, 0.15) is 5.82 Å². The predicted octanol–water partition coefficient (Wildman–Crippen LogP) is 2.60. The van der Waals surface area contributed by atoms with Gasteiger partial charge in [0.15, 0.2) is 0 Å². The van der Waals surface area contributed by atoms with E-state index in [4.69, 9.17) is 5.73 Å². The van der Waals surface area contributed by atoms with Crippen molar-refractivity contribution in [3.8, 4) is 0 Å². The predicted molar refractivity (Wildman–Crippen MR) is 79.8 cm³/mol. The fourth-order valence-electron chi connectivity index (χ4n) is 3.98. The largest absolute Gasteiger partial charge is 0.352 e. The zero-order valence-electron chi connectivity index (χ0n) is 12.2. The molecule has 3 N–H and O–H groups in total. The van der Waals surface area contributed by atoms with Crippen LogP contribution >= 0.6 is 0 Å². The van der Waals surface area contributed by atoms with E-state index in [0.717, 1.165) is 31.2 Å². The van der Waals surface area contributed by atoms with Crippen molar-refractivity contribution in [2.75, 3.05) is 0 Å². The first-order chi connectivity index (χ1) is 10.1. The van der Waals surface area contributed by atoms with Gasteiger partial charge in [-0.2, -0.15) is 0 Å². The van der Waals surface area contributed by atoms with Crippen molar-refractivity contribution in [1.29, 1.82) is 0 Å². The van der Waals surface area contributed by atoms with Crippen LogP contribution in [0.3, 0.4) is 0 Å². The Kier molecular flexibility index (Phi) is 4.24. The fraction of sp³-hybridized carbons (Fsp3) is 0.588. The number of amides is 1. The van der Waals surface area contributed by atoms with Crippen molar-refractivity contribution in [1.82, 2.24) is 5.32 Å². The number of benzene rings is 1. The number of carbonyl (C=O) groups excluding carboxylic acids is 1. The number of hydrogen-bond donors (Lipinski definition) is 2. The first-order valence-electron chi connectivity index (χ1n) is 7.91. The number of carbonyl (C=O) groups is 1. The van der Waals surface area contributed by atoms with Crippen LogP contribution in [0, 0.1) is 23.6 Å². The number of hydrogen-bond acceptors (Lipinski definition) is 2. The molecule has 2 aliphatic rings. The quantitative estimate of drug-likeness (QED) is 0.899. The number of nitrogens with one attached hydrogen (secondary N) is 1. The maximum atomic E-state index is 13.1. The summed E-state index contributed by atoms with van der Waals surface area (Å²) in [5.41, 5.74) is 7.06. The molecule has 2 saturated carbocycles. The normalized spacial score (nSPS) is 31.7. The second kappa shape index (κ2) is 6.14. The van der Waals surface area contributed by atoms with Crippen LogP contribution in [-0.2, 0) is 11.3 Å². The monoisotopic (exact) mass is 290 g/mol. The Hall–Kier alpha value is -1.42. The van der Waals surface area contributed by atoms with E-state index in [1.54, 1.807) is 6.07 Å². The standard InChI is InChI=1S/C17H23FN2O/c18-15-6-1-3-11(7-15)10-20-17(21)14-8-12-4-2-5-13(9-14)16(12)19/h1,3,6-7,12-14,16H,2,4-5,8-10,19H2,(H,20,21). The summed E-state index contributed by atoms with van der Waals surface area (Å²) in [4.78, 5) is 12.3. The van der Waals surface area contributed by atoms with Gasteiger partial charge in [-0.1, -0.05) is 18.6 Å². The molecule has 1 amide bonds. The highest BCUT2D eigenvalue weighted by molar-refractivity contribution is 5.78. The molecule has 2 atom stereocenters. The van der Waals surface area contributed by atoms with E-state index in [1.807, 2.05) is 6.07 Å². The van der Waals surface area contributed by atoms with Crippen molar-refractivity contribution < 1.29 is 9.18 Å². The zero-order chi connectivity index (χ0) is 14.8.